The fourth-order valence-corrected chi connectivity index (χ4v) is 2.33. The van der Waals surface area contributed by atoms with Crippen LogP contribution in [-0.4, -0.2) is 6.54 Å². The Hall–Kier alpha value is -0.340. The van der Waals surface area contributed by atoms with Gasteiger partial charge in [0.1, 0.15) is 0 Å². The molecular weight excluding hydrogens is 190 g/mol. The number of nitrogens with one attached hydrogen (secondary N) is 1. The van der Waals surface area contributed by atoms with Crippen molar-refractivity contribution < 1.29 is 0 Å². The maximum Gasteiger partial charge on any atom is 0.0354 e. The number of hydrogen-bond acceptors (Lipinski definition) is 2. The normalized spacial score (nSPS) is 15.4. The average Bonchev–Trinajstić information content (AvgIpc) is 2.71. The molecule has 14 heavy (non-hydrogen) atoms. The number of thiophene rings is 1. The molecule has 1 aromatic rings. The predicted molar refractivity (Wildman–Crippen MR) is 64.8 cm³/mol. The van der Waals surface area contributed by atoms with E-state index >= 15 is 0 Å². The minimum Gasteiger partial charge on any atom is -0.310 e. The Morgan fingerprint density at radius 3 is 2.71 bits per heavy atom. The summed E-state index contributed by atoms with van der Waals surface area (Å²) in [4.78, 5) is 0. The van der Waals surface area contributed by atoms with Gasteiger partial charge in [0, 0.05) is 6.04 Å². The summed E-state index contributed by atoms with van der Waals surface area (Å²) in [6.45, 7) is 7.92. The molecule has 2 heteroatoms. The van der Waals surface area contributed by atoms with Crippen LogP contribution in [0, 0.1) is 5.92 Å². The maximum absolute atomic E-state index is 3.63. The molecule has 1 nitrogen and oxygen atoms in total. The van der Waals surface area contributed by atoms with E-state index in [1.54, 1.807) is 11.3 Å². The molecule has 0 aliphatic heterocycles. The van der Waals surface area contributed by atoms with Gasteiger partial charge in [0.15, 0.2) is 0 Å². The second kappa shape index (κ2) is 6.20. The van der Waals surface area contributed by atoms with Gasteiger partial charge in [0.2, 0.25) is 0 Å². The Kier molecular flexibility index (Phi) is 5.20. The van der Waals surface area contributed by atoms with Crippen LogP contribution >= 0.6 is 11.3 Å². The summed E-state index contributed by atoms with van der Waals surface area (Å²) in [5, 5.41) is 8.06. The van der Waals surface area contributed by atoms with Crippen LogP contribution in [-0.2, 0) is 0 Å². The van der Waals surface area contributed by atoms with E-state index in [0.717, 1.165) is 12.5 Å². The van der Waals surface area contributed by atoms with Gasteiger partial charge in [-0.3, -0.25) is 0 Å². The molecule has 2 atom stereocenters. The third-order valence-electron chi connectivity index (χ3n) is 2.73. The van der Waals surface area contributed by atoms with Crippen molar-refractivity contribution >= 4 is 11.3 Å². The highest BCUT2D eigenvalue weighted by atomic mass is 32.1. The minimum atomic E-state index is 0.547. The van der Waals surface area contributed by atoms with Gasteiger partial charge >= 0.3 is 0 Å². The lowest BCUT2D eigenvalue weighted by Crippen LogP contribution is -2.27. The van der Waals surface area contributed by atoms with Crippen molar-refractivity contribution in [3.63, 3.8) is 0 Å². The third-order valence-corrected chi connectivity index (χ3v) is 3.43. The molecule has 0 aliphatic carbocycles. The van der Waals surface area contributed by atoms with Crippen LogP contribution in [0.2, 0.25) is 0 Å². The monoisotopic (exact) mass is 211 g/mol. The molecule has 1 heterocycles. The molecule has 1 rings (SSSR count). The van der Waals surface area contributed by atoms with Crippen LogP contribution in [0.3, 0.4) is 0 Å². The molecule has 80 valence electrons. The predicted octanol–water partition coefficient (Wildman–Crippen LogP) is 3.83. The molecule has 0 aliphatic rings. The zero-order valence-corrected chi connectivity index (χ0v) is 10.2. The van der Waals surface area contributed by atoms with Crippen molar-refractivity contribution in [2.24, 2.45) is 5.92 Å². The highest BCUT2D eigenvalue weighted by Gasteiger charge is 2.16. The van der Waals surface area contributed by atoms with Gasteiger partial charge in [-0.2, -0.15) is 11.3 Å². The largest absolute Gasteiger partial charge is 0.310 e. The van der Waals surface area contributed by atoms with Crippen molar-refractivity contribution in [3.05, 3.63) is 22.4 Å². The van der Waals surface area contributed by atoms with Crippen molar-refractivity contribution in [3.8, 4) is 0 Å². The standard InChI is InChI=1S/C12H21NS/c1-4-7-13-12(10(3)5-2)11-6-8-14-9-11/h6,8-10,12-13H,4-5,7H2,1-3H3. The van der Waals surface area contributed by atoms with E-state index in [-0.39, 0.29) is 0 Å². The van der Waals surface area contributed by atoms with Gasteiger partial charge in [-0.1, -0.05) is 27.2 Å². The Balaban J connectivity index is 2.62. The first kappa shape index (κ1) is 11.7. The SMILES string of the molecule is CCCNC(c1ccsc1)C(C)CC. The lowest BCUT2D eigenvalue weighted by molar-refractivity contribution is 0.378. The van der Waals surface area contributed by atoms with E-state index in [4.69, 9.17) is 0 Å². The van der Waals surface area contributed by atoms with Crippen molar-refractivity contribution in [1.82, 2.24) is 5.32 Å². The van der Waals surface area contributed by atoms with Gasteiger partial charge in [-0.05, 0) is 41.3 Å². The molecule has 0 amide bonds. The highest BCUT2D eigenvalue weighted by molar-refractivity contribution is 7.07. The van der Waals surface area contributed by atoms with Crippen LogP contribution in [0.4, 0.5) is 0 Å². The summed E-state index contributed by atoms with van der Waals surface area (Å²) in [6.07, 6.45) is 2.44. The number of rotatable bonds is 6. The fourth-order valence-electron chi connectivity index (χ4n) is 1.64. The van der Waals surface area contributed by atoms with Crippen molar-refractivity contribution in [2.75, 3.05) is 6.54 Å². The van der Waals surface area contributed by atoms with Crippen LogP contribution in [0.1, 0.15) is 45.2 Å². The Labute approximate surface area is 91.5 Å². The Morgan fingerprint density at radius 2 is 2.21 bits per heavy atom. The van der Waals surface area contributed by atoms with E-state index in [2.05, 4.69) is 42.9 Å². The molecule has 2 unspecified atom stereocenters. The maximum atomic E-state index is 3.63. The van der Waals surface area contributed by atoms with Gasteiger partial charge in [0.05, 0.1) is 0 Å². The molecule has 0 radical (unpaired) electrons. The summed E-state index contributed by atoms with van der Waals surface area (Å²) in [5.41, 5.74) is 1.46. The first-order chi connectivity index (χ1) is 6.79. The second-order valence-electron chi connectivity index (χ2n) is 3.87. The van der Waals surface area contributed by atoms with Crippen LogP contribution in [0.15, 0.2) is 16.8 Å². The summed E-state index contributed by atoms with van der Waals surface area (Å²) >= 11 is 1.79. The average molecular weight is 211 g/mol. The topological polar surface area (TPSA) is 12.0 Å². The van der Waals surface area contributed by atoms with Gasteiger partial charge < -0.3 is 5.32 Å². The molecule has 0 bridgehead atoms. The number of hydrogen-bond donors (Lipinski definition) is 1. The van der Waals surface area contributed by atoms with E-state index < -0.39 is 0 Å². The molecule has 1 N–H and O–H groups in total. The third kappa shape index (κ3) is 3.10. The smallest absolute Gasteiger partial charge is 0.0354 e. The highest BCUT2D eigenvalue weighted by Crippen LogP contribution is 2.25. The van der Waals surface area contributed by atoms with Gasteiger partial charge in [-0.15, -0.1) is 0 Å². The summed E-state index contributed by atoms with van der Waals surface area (Å²) in [5.74, 6) is 0.719. The minimum absolute atomic E-state index is 0.547. The summed E-state index contributed by atoms with van der Waals surface area (Å²) < 4.78 is 0. The summed E-state index contributed by atoms with van der Waals surface area (Å²) in [7, 11) is 0. The van der Waals surface area contributed by atoms with Crippen LogP contribution in [0.25, 0.3) is 0 Å². The Bertz CT molecular complexity index is 230. The van der Waals surface area contributed by atoms with Crippen molar-refractivity contribution in [1.29, 1.82) is 0 Å². The van der Waals surface area contributed by atoms with E-state index in [1.165, 1.54) is 18.4 Å². The fraction of sp³-hybridized carbons (Fsp3) is 0.667. The van der Waals surface area contributed by atoms with Crippen molar-refractivity contribution in [2.45, 2.75) is 39.7 Å². The first-order valence-corrected chi connectivity index (χ1v) is 6.49. The lowest BCUT2D eigenvalue weighted by Gasteiger charge is -2.23. The van der Waals surface area contributed by atoms with Gasteiger partial charge in [-0.25, -0.2) is 0 Å². The second-order valence-corrected chi connectivity index (χ2v) is 4.65. The molecule has 0 saturated carbocycles. The molecular formula is C12H21NS. The zero-order valence-electron chi connectivity index (χ0n) is 9.42. The Morgan fingerprint density at radius 1 is 1.43 bits per heavy atom. The van der Waals surface area contributed by atoms with Crippen LogP contribution in [0.5, 0.6) is 0 Å². The molecule has 0 spiro atoms. The molecule has 0 aromatic carbocycles. The summed E-state index contributed by atoms with van der Waals surface area (Å²) in [6, 6.07) is 2.79. The van der Waals surface area contributed by atoms with E-state index in [9.17, 15) is 0 Å². The van der Waals surface area contributed by atoms with E-state index in [0.29, 0.717) is 6.04 Å². The molecule has 0 fully saturated rings. The van der Waals surface area contributed by atoms with Crippen LogP contribution < -0.4 is 5.32 Å². The molecule has 1 aromatic heterocycles. The lowest BCUT2D eigenvalue weighted by atomic mass is 9.94. The zero-order chi connectivity index (χ0) is 10.4. The van der Waals surface area contributed by atoms with E-state index in [1.807, 2.05) is 0 Å². The first-order valence-electron chi connectivity index (χ1n) is 5.55. The quantitative estimate of drug-likeness (QED) is 0.754. The molecule has 0 saturated heterocycles. The van der Waals surface area contributed by atoms with Gasteiger partial charge in [0.25, 0.3) is 0 Å².